The van der Waals surface area contributed by atoms with Crippen molar-refractivity contribution in [3.63, 3.8) is 0 Å². The average Bonchev–Trinajstić information content (AvgIpc) is 2.10. The molecule has 0 aliphatic carbocycles. The smallest absolute Gasteiger partial charge is 0.200 e. The minimum Gasteiger partial charge on any atom is -0.416 e. The van der Waals surface area contributed by atoms with Crippen molar-refractivity contribution < 1.29 is 4.43 Å². The summed E-state index contributed by atoms with van der Waals surface area (Å²) >= 11 is 5.70. The molecule has 0 saturated heterocycles. The van der Waals surface area contributed by atoms with E-state index in [1.807, 2.05) is 0 Å². The third-order valence-corrected chi connectivity index (χ3v) is 9.72. The normalized spacial score (nSPS) is 13.2. The highest BCUT2D eigenvalue weighted by Crippen LogP contribution is 2.42. The van der Waals surface area contributed by atoms with Gasteiger partial charge >= 0.3 is 0 Å². The van der Waals surface area contributed by atoms with Gasteiger partial charge in [0.15, 0.2) is 8.32 Å². The molecule has 0 fully saturated rings. The molecule has 3 heteroatoms. The monoisotopic (exact) mass is 250 g/mol. The highest BCUT2D eigenvalue weighted by atomic mass is 35.5. The number of hydrogen-bond donors (Lipinski definition) is 0. The van der Waals surface area contributed by atoms with Crippen LogP contribution in [-0.4, -0.2) is 20.8 Å². The van der Waals surface area contributed by atoms with E-state index in [9.17, 15) is 0 Å². The van der Waals surface area contributed by atoms with Crippen molar-refractivity contribution in [3.05, 3.63) is 0 Å². The lowest BCUT2D eigenvalue weighted by molar-refractivity contribution is 0.278. The molecule has 1 nitrogen and oxygen atoms in total. The molecule has 0 unspecified atom stereocenters. The first kappa shape index (κ1) is 15.5. The second-order valence-corrected chi connectivity index (χ2v) is 11.0. The van der Waals surface area contributed by atoms with Crippen LogP contribution in [0.4, 0.5) is 0 Å². The summed E-state index contributed by atoms with van der Waals surface area (Å²) in [6, 6.07) is 0. The standard InChI is InChI=1S/C12H27ClOSi/c1-10(2)15(11(3)4,12(5)6)14-9-7-8-13/h10-12H,7-9H2,1-6H3. The molecule has 0 aromatic rings. The maximum atomic E-state index is 6.31. The fourth-order valence-corrected chi connectivity index (χ4v) is 8.41. The van der Waals surface area contributed by atoms with E-state index < -0.39 is 8.32 Å². The molecule has 0 amide bonds. The molecule has 0 bridgehead atoms. The molecule has 0 N–H and O–H groups in total. The Balaban J connectivity index is 4.65. The first-order valence-corrected chi connectivity index (χ1v) is 8.77. The molecule has 0 heterocycles. The summed E-state index contributed by atoms with van der Waals surface area (Å²) in [5.74, 6) is 0.707. The van der Waals surface area contributed by atoms with Gasteiger partial charge < -0.3 is 4.43 Å². The molecule has 0 radical (unpaired) electrons. The molecule has 0 aliphatic heterocycles. The van der Waals surface area contributed by atoms with E-state index in [-0.39, 0.29) is 0 Å². The van der Waals surface area contributed by atoms with Gasteiger partial charge in [0.1, 0.15) is 0 Å². The lowest BCUT2D eigenvalue weighted by Gasteiger charge is -2.42. The molecule has 15 heavy (non-hydrogen) atoms. The van der Waals surface area contributed by atoms with Gasteiger partial charge in [-0.05, 0) is 23.0 Å². The van der Waals surface area contributed by atoms with Crippen LogP contribution in [-0.2, 0) is 4.43 Å². The van der Waals surface area contributed by atoms with Crippen molar-refractivity contribution in [2.75, 3.05) is 12.5 Å². The van der Waals surface area contributed by atoms with E-state index in [1.54, 1.807) is 0 Å². The minimum absolute atomic E-state index is 0.674. The van der Waals surface area contributed by atoms with Gasteiger partial charge in [-0.25, -0.2) is 0 Å². The fraction of sp³-hybridized carbons (Fsp3) is 1.00. The second-order valence-electron chi connectivity index (χ2n) is 5.21. The van der Waals surface area contributed by atoms with Crippen LogP contribution in [0.5, 0.6) is 0 Å². The van der Waals surface area contributed by atoms with Crippen LogP contribution in [0.2, 0.25) is 16.6 Å². The van der Waals surface area contributed by atoms with Crippen molar-refractivity contribution in [2.45, 2.75) is 64.6 Å². The summed E-state index contributed by atoms with van der Waals surface area (Å²) in [6.07, 6.45) is 0.975. The summed E-state index contributed by atoms with van der Waals surface area (Å²) in [7, 11) is -1.62. The molecule has 0 aliphatic rings. The molecule has 0 saturated carbocycles. The van der Waals surface area contributed by atoms with Crippen molar-refractivity contribution in [1.82, 2.24) is 0 Å². The zero-order valence-electron chi connectivity index (χ0n) is 11.1. The fourth-order valence-electron chi connectivity index (χ4n) is 2.80. The average molecular weight is 251 g/mol. The Morgan fingerprint density at radius 2 is 1.33 bits per heavy atom. The zero-order chi connectivity index (χ0) is 12.1. The topological polar surface area (TPSA) is 9.23 Å². The lowest BCUT2D eigenvalue weighted by atomic mass is 10.5. The number of alkyl halides is 1. The molecule has 92 valence electrons. The summed E-state index contributed by atoms with van der Waals surface area (Å²) in [6.45, 7) is 14.7. The van der Waals surface area contributed by atoms with Crippen molar-refractivity contribution >= 4 is 19.9 Å². The first-order chi connectivity index (χ1) is 6.89. The zero-order valence-corrected chi connectivity index (χ0v) is 12.9. The van der Waals surface area contributed by atoms with Gasteiger partial charge in [-0.2, -0.15) is 0 Å². The van der Waals surface area contributed by atoms with Gasteiger partial charge in [-0.15, -0.1) is 11.6 Å². The largest absolute Gasteiger partial charge is 0.416 e. The summed E-state index contributed by atoms with van der Waals surface area (Å²) in [5, 5.41) is 0. The molecule has 0 spiro atoms. The molecule has 0 atom stereocenters. The molecule has 0 rings (SSSR count). The Bertz CT molecular complexity index is 147. The van der Waals surface area contributed by atoms with Crippen LogP contribution < -0.4 is 0 Å². The van der Waals surface area contributed by atoms with E-state index in [4.69, 9.17) is 16.0 Å². The Morgan fingerprint density at radius 1 is 0.933 bits per heavy atom. The summed E-state index contributed by atoms with van der Waals surface area (Å²) in [5.41, 5.74) is 2.02. The van der Waals surface area contributed by atoms with Gasteiger partial charge in [0.25, 0.3) is 0 Å². The number of halogens is 1. The van der Waals surface area contributed by atoms with E-state index in [0.717, 1.165) is 13.0 Å². The van der Waals surface area contributed by atoms with Crippen LogP contribution in [0.1, 0.15) is 48.0 Å². The predicted molar refractivity (Wildman–Crippen MR) is 72.3 cm³/mol. The van der Waals surface area contributed by atoms with Crippen LogP contribution in [0.3, 0.4) is 0 Å². The highest BCUT2D eigenvalue weighted by Gasteiger charge is 2.44. The Labute approximate surface area is 102 Å². The Morgan fingerprint density at radius 3 is 1.60 bits per heavy atom. The van der Waals surface area contributed by atoms with Crippen LogP contribution in [0, 0.1) is 0 Å². The number of hydrogen-bond acceptors (Lipinski definition) is 1. The van der Waals surface area contributed by atoms with Gasteiger partial charge in [0.2, 0.25) is 0 Å². The maximum absolute atomic E-state index is 6.31. The van der Waals surface area contributed by atoms with Gasteiger partial charge in [-0.3, -0.25) is 0 Å². The Kier molecular flexibility index (Phi) is 7.14. The van der Waals surface area contributed by atoms with Crippen LogP contribution >= 0.6 is 11.6 Å². The first-order valence-electron chi connectivity index (χ1n) is 6.09. The lowest BCUT2D eigenvalue weighted by Crippen LogP contribution is -2.48. The van der Waals surface area contributed by atoms with E-state index >= 15 is 0 Å². The van der Waals surface area contributed by atoms with Crippen molar-refractivity contribution in [1.29, 1.82) is 0 Å². The predicted octanol–water partition coefficient (Wildman–Crippen LogP) is 4.81. The molecular formula is C12H27ClOSi. The van der Waals surface area contributed by atoms with Gasteiger partial charge in [0, 0.05) is 12.5 Å². The Hall–Kier alpha value is 0.467. The van der Waals surface area contributed by atoms with Gasteiger partial charge in [0.05, 0.1) is 0 Å². The summed E-state index contributed by atoms with van der Waals surface area (Å²) in [4.78, 5) is 0. The highest BCUT2D eigenvalue weighted by molar-refractivity contribution is 6.77. The molecule has 0 aromatic carbocycles. The maximum Gasteiger partial charge on any atom is 0.200 e. The molecular weight excluding hydrogens is 224 g/mol. The van der Waals surface area contributed by atoms with E-state index in [2.05, 4.69) is 41.5 Å². The molecule has 0 aromatic heterocycles. The van der Waals surface area contributed by atoms with E-state index in [1.165, 1.54) is 0 Å². The second kappa shape index (κ2) is 6.92. The van der Waals surface area contributed by atoms with Crippen molar-refractivity contribution in [3.8, 4) is 0 Å². The van der Waals surface area contributed by atoms with Crippen LogP contribution in [0.15, 0.2) is 0 Å². The SMILES string of the molecule is CC(C)[Si](OCCCCl)(C(C)C)C(C)C. The number of rotatable bonds is 7. The quantitative estimate of drug-likeness (QED) is 0.358. The minimum atomic E-state index is -1.62. The van der Waals surface area contributed by atoms with Crippen LogP contribution in [0.25, 0.3) is 0 Å². The van der Waals surface area contributed by atoms with E-state index in [0.29, 0.717) is 22.5 Å². The van der Waals surface area contributed by atoms with Crippen molar-refractivity contribution in [2.24, 2.45) is 0 Å². The third kappa shape index (κ3) is 3.76. The van der Waals surface area contributed by atoms with Gasteiger partial charge in [-0.1, -0.05) is 41.5 Å². The summed E-state index contributed by atoms with van der Waals surface area (Å²) < 4.78 is 6.31. The third-order valence-electron chi connectivity index (χ3n) is 3.34.